The maximum Gasteiger partial charge on any atom is 0.192 e. The molecule has 0 unspecified atom stereocenters. The van der Waals surface area contributed by atoms with Gasteiger partial charge in [0.1, 0.15) is 0 Å². The predicted octanol–water partition coefficient (Wildman–Crippen LogP) is 3.09. The highest BCUT2D eigenvalue weighted by Crippen LogP contribution is 2.30. The summed E-state index contributed by atoms with van der Waals surface area (Å²) in [7, 11) is 0. The normalized spacial score (nSPS) is 10.6. The molecule has 94 valence electrons. The van der Waals surface area contributed by atoms with Crippen LogP contribution in [0, 0.1) is 6.92 Å². The lowest BCUT2D eigenvalue weighted by Gasteiger charge is -2.08. The third-order valence-corrected chi connectivity index (χ3v) is 3.64. The summed E-state index contributed by atoms with van der Waals surface area (Å²) in [4.78, 5) is 9.67. The first-order valence-corrected chi connectivity index (χ1v) is 6.83. The Morgan fingerprint density at radius 2 is 2.00 bits per heavy atom. The SMILES string of the molecule is Cc1cnc(Sc2ccc(Cl)cc2CCN)nc1. The van der Waals surface area contributed by atoms with E-state index >= 15 is 0 Å². The molecule has 0 aliphatic rings. The van der Waals surface area contributed by atoms with Crippen molar-refractivity contribution < 1.29 is 0 Å². The van der Waals surface area contributed by atoms with E-state index in [9.17, 15) is 0 Å². The topological polar surface area (TPSA) is 51.8 Å². The molecule has 1 heterocycles. The smallest absolute Gasteiger partial charge is 0.192 e. The Kier molecular flexibility index (Phi) is 4.58. The average molecular weight is 280 g/mol. The van der Waals surface area contributed by atoms with Crippen LogP contribution in [-0.4, -0.2) is 16.5 Å². The van der Waals surface area contributed by atoms with Crippen LogP contribution in [0.25, 0.3) is 0 Å². The van der Waals surface area contributed by atoms with Gasteiger partial charge in [-0.3, -0.25) is 0 Å². The van der Waals surface area contributed by atoms with E-state index in [1.54, 1.807) is 0 Å². The average Bonchev–Trinajstić information content (AvgIpc) is 2.36. The summed E-state index contributed by atoms with van der Waals surface area (Å²) >= 11 is 7.53. The minimum atomic E-state index is 0.600. The number of aryl methyl sites for hydroxylation is 1. The number of nitrogens with zero attached hydrogens (tertiary/aromatic N) is 2. The molecule has 0 radical (unpaired) electrons. The summed E-state index contributed by atoms with van der Waals surface area (Å²) in [6.07, 6.45) is 4.43. The van der Waals surface area contributed by atoms with E-state index in [2.05, 4.69) is 9.97 Å². The Bertz CT molecular complexity index is 528. The van der Waals surface area contributed by atoms with Gasteiger partial charge in [-0.25, -0.2) is 9.97 Å². The van der Waals surface area contributed by atoms with Crippen LogP contribution in [0.2, 0.25) is 5.02 Å². The molecule has 2 aromatic rings. The van der Waals surface area contributed by atoms with Crippen LogP contribution < -0.4 is 5.73 Å². The lowest BCUT2D eigenvalue weighted by molar-refractivity contribution is 0.930. The molecule has 0 fully saturated rings. The summed E-state index contributed by atoms with van der Waals surface area (Å²) < 4.78 is 0. The molecule has 2 N–H and O–H groups in total. The van der Waals surface area contributed by atoms with Gasteiger partial charge in [-0.1, -0.05) is 11.6 Å². The molecular formula is C13H14ClN3S. The van der Waals surface area contributed by atoms with Gasteiger partial charge in [-0.2, -0.15) is 0 Å². The standard InChI is InChI=1S/C13H14ClN3S/c1-9-7-16-13(17-8-9)18-12-3-2-11(14)6-10(12)4-5-15/h2-3,6-8H,4-5,15H2,1H3. The molecule has 5 heteroatoms. The van der Waals surface area contributed by atoms with Gasteiger partial charge in [0.15, 0.2) is 5.16 Å². The van der Waals surface area contributed by atoms with Crippen LogP contribution >= 0.6 is 23.4 Å². The van der Waals surface area contributed by atoms with E-state index in [4.69, 9.17) is 17.3 Å². The lowest BCUT2D eigenvalue weighted by atomic mass is 10.1. The molecule has 0 bridgehead atoms. The van der Waals surface area contributed by atoms with Crippen molar-refractivity contribution in [2.75, 3.05) is 6.54 Å². The van der Waals surface area contributed by atoms with Crippen molar-refractivity contribution in [3.05, 3.63) is 46.7 Å². The van der Waals surface area contributed by atoms with Crippen LogP contribution in [0.3, 0.4) is 0 Å². The minimum absolute atomic E-state index is 0.600. The highest BCUT2D eigenvalue weighted by Gasteiger charge is 2.06. The Balaban J connectivity index is 2.25. The van der Waals surface area contributed by atoms with Gasteiger partial charge in [0, 0.05) is 22.3 Å². The van der Waals surface area contributed by atoms with Crippen molar-refractivity contribution >= 4 is 23.4 Å². The van der Waals surface area contributed by atoms with Gasteiger partial charge in [-0.15, -0.1) is 0 Å². The zero-order chi connectivity index (χ0) is 13.0. The van der Waals surface area contributed by atoms with Crippen LogP contribution in [0.15, 0.2) is 40.6 Å². The molecule has 0 aliphatic carbocycles. The van der Waals surface area contributed by atoms with E-state index in [1.807, 2.05) is 37.5 Å². The molecule has 2 rings (SSSR count). The largest absolute Gasteiger partial charge is 0.330 e. The van der Waals surface area contributed by atoms with Gasteiger partial charge >= 0.3 is 0 Å². The van der Waals surface area contributed by atoms with Crippen molar-refractivity contribution in [3.63, 3.8) is 0 Å². The van der Waals surface area contributed by atoms with Gasteiger partial charge < -0.3 is 5.73 Å². The van der Waals surface area contributed by atoms with Crippen LogP contribution in [0.5, 0.6) is 0 Å². The highest BCUT2D eigenvalue weighted by molar-refractivity contribution is 7.99. The van der Waals surface area contributed by atoms with E-state index in [-0.39, 0.29) is 0 Å². The Hall–Kier alpha value is -1.10. The maximum atomic E-state index is 5.99. The Morgan fingerprint density at radius 3 is 2.67 bits per heavy atom. The highest BCUT2D eigenvalue weighted by atomic mass is 35.5. The number of nitrogens with two attached hydrogens (primary N) is 1. The summed E-state index contributed by atoms with van der Waals surface area (Å²) in [6.45, 7) is 2.57. The number of hydrogen-bond acceptors (Lipinski definition) is 4. The second kappa shape index (κ2) is 6.18. The van der Waals surface area contributed by atoms with Crippen LogP contribution in [0.1, 0.15) is 11.1 Å². The second-order valence-corrected chi connectivity index (χ2v) is 5.38. The number of benzene rings is 1. The number of rotatable bonds is 4. The molecule has 0 saturated carbocycles. The summed E-state index contributed by atoms with van der Waals surface area (Å²) in [5.74, 6) is 0. The first-order chi connectivity index (χ1) is 8.69. The fourth-order valence-electron chi connectivity index (χ4n) is 1.53. The Morgan fingerprint density at radius 1 is 1.28 bits per heavy atom. The van der Waals surface area contributed by atoms with Gasteiger partial charge in [0.25, 0.3) is 0 Å². The van der Waals surface area contributed by atoms with Crippen molar-refractivity contribution in [1.29, 1.82) is 0 Å². The van der Waals surface area contributed by atoms with Gasteiger partial charge in [0.05, 0.1) is 0 Å². The molecule has 0 atom stereocenters. The number of hydrogen-bond donors (Lipinski definition) is 1. The fraction of sp³-hybridized carbons (Fsp3) is 0.231. The molecule has 0 saturated heterocycles. The van der Waals surface area contributed by atoms with E-state index < -0.39 is 0 Å². The first kappa shape index (κ1) is 13.3. The zero-order valence-electron chi connectivity index (χ0n) is 10.1. The summed E-state index contributed by atoms with van der Waals surface area (Å²) in [6, 6.07) is 5.81. The van der Waals surface area contributed by atoms with Gasteiger partial charge in [0.2, 0.25) is 0 Å². The molecule has 0 aliphatic heterocycles. The monoisotopic (exact) mass is 279 g/mol. The summed E-state index contributed by atoms with van der Waals surface area (Å²) in [5.41, 5.74) is 7.80. The number of aromatic nitrogens is 2. The van der Waals surface area contributed by atoms with E-state index in [0.29, 0.717) is 6.54 Å². The lowest BCUT2D eigenvalue weighted by Crippen LogP contribution is -2.03. The zero-order valence-corrected chi connectivity index (χ0v) is 11.6. The van der Waals surface area contributed by atoms with E-state index in [1.165, 1.54) is 11.8 Å². The van der Waals surface area contributed by atoms with E-state index in [0.717, 1.165) is 32.6 Å². The molecule has 3 nitrogen and oxygen atoms in total. The van der Waals surface area contributed by atoms with Crippen molar-refractivity contribution in [2.24, 2.45) is 5.73 Å². The quantitative estimate of drug-likeness (QED) is 0.874. The van der Waals surface area contributed by atoms with Crippen LogP contribution in [0.4, 0.5) is 0 Å². The number of halogens is 1. The third kappa shape index (κ3) is 3.45. The molecule has 0 amide bonds. The van der Waals surface area contributed by atoms with Crippen molar-refractivity contribution in [1.82, 2.24) is 9.97 Å². The third-order valence-electron chi connectivity index (χ3n) is 2.39. The molecule has 1 aromatic carbocycles. The minimum Gasteiger partial charge on any atom is -0.330 e. The maximum absolute atomic E-state index is 5.99. The molecule has 18 heavy (non-hydrogen) atoms. The molecule has 1 aromatic heterocycles. The van der Waals surface area contributed by atoms with Gasteiger partial charge in [-0.05, 0) is 61.0 Å². The molecular weight excluding hydrogens is 266 g/mol. The summed E-state index contributed by atoms with van der Waals surface area (Å²) in [5, 5.41) is 1.47. The van der Waals surface area contributed by atoms with Crippen molar-refractivity contribution in [3.8, 4) is 0 Å². The van der Waals surface area contributed by atoms with Crippen molar-refractivity contribution in [2.45, 2.75) is 23.4 Å². The fourth-order valence-corrected chi connectivity index (χ4v) is 2.56. The predicted molar refractivity (Wildman–Crippen MR) is 75.1 cm³/mol. The second-order valence-electron chi connectivity index (χ2n) is 3.94. The molecule has 0 spiro atoms. The van der Waals surface area contributed by atoms with Crippen LogP contribution in [-0.2, 0) is 6.42 Å². The Labute approximate surface area is 116 Å². The first-order valence-electron chi connectivity index (χ1n) is 5.64.